The first-order chi connectivity index (χ1) is 5.77. The number of carbonyl (C=O) groups is 1. The van der Waals surface area contributed by atoms with E-state index in [0.29, 0.717) is 12.1 Å². The fourth-order valence-electron chi connectivity index (χ4n) is 2.26. The molecule has 0 radical (unpaired) electrons. The van der Waals surface area contributed by atoms with Gasteiger partial charge in [0.1, 0.15) is 0 Å². The molecule has 0 aromatic heterocycles. The SMILES string of the molecule is CC(=O)C1=CCCC2CC[C@@H]1N2.Cl. The molecule has 0 aliphatic carbocycles. The van der Waals surface area contributed by atoms with E-state index in [0.717, 1.165) is 18.4 Å². The predicted octanol–water partition coefficient (Wildman–Crippen LogP) is 1.84. The van der Waals surface area contributed by atoms with Crippen LogP contribution >= 0.6 is 12.4 Å². The number of hydrogen-bond donors (Lipinski definition) is 1. The monoisotopic (exact) mass is 201 g/mol. The van der Waals surface area contributed by atoms with Gasteiger partial charge in [-0.15, -0.1) is 12.4 Å². The summed E-state index contributed by atoms with van der Waals surface area (Å²) in [5.74, 6) is 0.245. The zero-order chi connectivity index (χ0) is 8.55. The summed E-state index contributed by atoms with van der Waals surface area (Å²) < 4.78 is 0. The highest BCUT2D eigenvalue weighted by Crippen LogP contribution is 2.26. The molecule has 0 aromatic rings. The van der Waals surface area contributed by atoms with Gasteiger partial charge in [0.05, 0.1) is 0 Å². The molecule has 0 saturated carbocycles. The first-order valence-corrected chi connectivity index (χ1v) is 4.74. The summed E-state index contributed by atoms with van der Waals surface area (Å²) in [5.41, 5.74) is 1.02. The Morgan fingerprint density at radius 1 is 1.46 bits per heavy atom. The summed E-state index contributed by atoms with van der Waals surface area (Å²) in [5, 5.41) is 3.50. The van der Waals surface area contributed by atoms with Gasteiger partial charge < -0.3 is 5.32 Å². The highest BCUT2D eigenvalue weighted by molar-refractivity contribution is 5.94. The van der Waals surface area contributed by atoms with Gasteiger partial charge in [-0.1, -0.05) is 6.08 Å². The molecule has 13 heavy (non-hydrogen) atoms. The number of allylic oxidation sites excluding steroid dienone is 1. The molecule has 2 nitrogen and oxygen atoms in total. The van der Waals surface area contributed by atoms with Crippen LogP contribution in [0.25, 0.3) is 0 Å². The lowest BCUT2D eigenvalue weighted by molar-refractivity contribution is -0.113. The number of Topliss-reactive ketones (excluding diaryl/α,β-unsaturated/α-hetero) is 1. The molecule has 2 aliphatic rings. The standard InChI is InChI=1S/C10H15NO.ClH/c1-7(12)9-4-2-3-8-5-6-10(9)11-8;/h4,8,10-11H,2-3,5-6H2,1H3;1H/t8?,10-;/m0./s1. The number of nitrogens with one attached hydrogen (secondary N) is 1. The average molecular weight is 202 g/mol. The fraction of sp³-hybridized carbons (Fsp3) is 0.700. The summed E-state index contributed by atoms with van der Waals surface area (Å²) in [6, 6.07) is 1.04. The Hall–Kier alpha value is -0.340. The maximum Gasteiger partial charge on any atom is 0.157 e. The lowest BCUT2D eigenvalue weighted by atomic mass is 9.98. The number of hydrogen-bond acceptors (Lipinski definition) is 2. The van der Waals surface area contributed by atoms with Crippen molar-refractivity contribution in [1.29, 1.82) is 0 Å². The molecule has 0 aromatic carbocycles. The molecule has 1 saturated heterocycles. The summed E-state index contributed by atoms with van der Waals surface area (Å²) in [6.45, 7) is 1.67. The van der Waals surface area contributed by atoms with Gasteiger partial charge in [0.15, 0.2) is 5.78 Å². The molecule has 74 valence electrons. The highest BCUT2D eigenvalue weighted by Gasteiger charge is 2.29. The smallest absolute Gasteiger partial charge is 0.157 e. The minimum atomic E-state index is 0. The summed E-state index contributed by atoms with van der Waals surface area (Å²) >= 11 is 0. The van der Waals surface area contributed by atoms with Crippen molar-refractivity contribution in [3.05, 3.63) is 11.6 Å². The molecule has 2 bridgehead atoms. The van der Waals surface area contributed by atoms with Gasteiger partial charge in [0.2, 0.25) is 0 Å². The maximum absolute atomic E-state index is 11.2. The molecule has 1 fully saturated rings. The van der Waals surface area contributed by atoms with E-state index in [1.54, 1.807) is 6.92 Å². The Labute approximate surface area is 85.2 Å². The second kappa shape index (κ2) is 4.25. The first kappa shape index (κ1) is 10.7. The zero-order valence-electron chi connectivity index (χ0n) is 7.88. The van der Waals surface area contributed by atoms with Crippen LogP contribution in [0.3, 0.4) is 0 Å². The second-order valence-electron chi connectivity index (χ2n) is 3.79. The fourth-order valence-corrected chi connectivity index (χ4v) is 2.26. The van der Waals surface area contributed by atoms with Gasteiger partial charge >= 0.3 is 0 Å². The Bertz CT molecular complexity index is 237. The third kappa shape index (κ3) is 2.12. The Balaban J connectivity index is 0.000000845. The summed E-state index contributed by atoms with van der Waals surface area (Å²) in [6.07, 6.45) is 6.79. The van der Waals surface area contributed by atoms with Crippen molar-refractivity contribution in [2.24, 2.45) is 0 Å². The van der Waals surface area contributed by atoms with Crippen LogP contribution in [0.5, 0.6) is 0 Å². The molecule has 3 heteroatoms. The normalized spacial score (nSPS) is 31.6. The number of rotatable bonds is 1. The number of fused-ring (bicyclic) bond motifs is 2. The first-order valence-electron chi connectivity index (χ1n) is 4.74. The van der Waals surface area contributed by atoms with Gasteiger partial charge in [0, 0.05) is 17.7 Å². The summed E-state index contributed by atoms with van der Waals surface area (Å²) in [7, 11) is 0. The largest absolute Gasteiger partial charge is 0.307 e. The van der Waals surface area contributed by atoms with Gasteiger partial charge in [0.25, 0.3) is 0 Å². The van der Waals surface area contributed by atoms with Crippen molar-refractivity contribution in [2.75, 3.05) is 0 Å². The van der Waals surface area contributed by atoms with Gasteiger partial charge in [-0.2, -0.15) is 0 Å². The molecule has 2 rings (SSSR count). The molecule has 2 heterocycles. The third-order valence-corrected chi connectivity index (χ3v) is 2.90. The van der Waals surface area contributed by atoms with Crippen molar-refractivity contribution in [3.63, 3.8) is 0 Å². The van der Waals surface area contributed by atoms with Crippen molar-refractivity contribution >= 4 is 18.2 Å². The van der Waals surface area contributed by atoms with Gasteiger partial charge in [-0.25, -0.2) is 0 Å². The van der Waals surface area contributed by atoms with Crippen molar-refractivity contribution in [2.45, 2.75) is 44.7 Å². The van der Waals surface area contributed by atoms with Crippen LogP contribution in [0, 0.1) is 0 Å². The van der Waals surface area contributed by atoms with Crippen LogP contribution < -0.4 is 5.32 Å². The molecule has 0 amide bonds. The van der Waals surface area contributed by atoms with Crippen LogP contribution in [0.1, 0.15) is 32.6 Å². The Morgan fingerprint density at radius 3 is 2.92 bits per heavy atom. The van der Waals surface area contributed by atoms with E-state index >= 15 is 0 Å². The lowest BCUT2D eigenvalue weighted by Crippen LogP contribution is -2.30. The minimum absolute atomic E-state index is 0. The third-order valence-electron chi connectivity index (χ3n) is 2.90. The average Bonchev–Trinajstić information content (AvgIpc) is 2.30. The van der Waals surface area contributed by atoms with Gasteiger partial charge in [-0.3, -0.25) is 4.79 Å². The van der Waals surface area contributed by atoms with E-state index in [2.05, 4.69) is 11.4 Å². The lowest BCUT2D eigenvalue weighted by Gasteiger charge is -2.11. The summed E-state index contributed by atoms with van der Waals surface area (Å²) in [4.78, 5) is 11.2. The quantitative estimate of drug-likeness (QED) is 0.702. The van der Waals surface area contributed by atoms with Crippen LogP contribution in [-0.2, 0) is 4.79 Å². The van der Waals surface area contributed by atoms with E-state index in [-0.39, 0.29) is 18.2 Å². The van der Waals surface area contributed by atoms with Crippen molar-refractivity contribution in [1.82, 2.24) is 5.32 Å². The highest BCUT2D eigenvalue weighted by atomic mass is 35.5. The Morgan fingerprint density at radius 2 is 2.23 bits per heavy atom. The molecule has 2 atom stereocenters. The van der Waals surface area contributed by atoms with Crippen LogP contribution in [0.15, 0.2) is 11.6 Å². The van der Waals surface area contributed by atoms with Gasteiger partial charge in [-0.05, 0) is 32.6 Å². The van der Waals surface area contributed by atoms with Crippen molar-refractivity contribution in [3.8, 4) is 0 Å². The zero-order valence-corrected chi connectivity index (χ0v) is 8.69. The maximum atomic E-state index is 11.2. The topological polar surface area (TPSA) is 29.1 Å². The van der Waals surface area contributed by atoms with Crippen LogP contribution in [0.4, 0.5) is 0 Å². The molecule has 1 N–H and O–H groups in total. The molecule has 0 spiro atoms. The number of carbonyl (C=O) groups excluding carboxylic acids is 1. The molecular weight excluding hydrogens is 186 g/mol. The van der Waals surface area contributed by atoms with E-state index in [9.17, 15) is 4.79 Å². The molecular formula is C10H16ClNO. The number of ketones is 1. The van der Waals surface area contributed by atoms with Crippen LogP contribution in [-0.4, -0.2) is 17.9 Å². The van der Waals surface area contributed by atoms with Crippen molar-refractivity contribution < 1.29 is 4.79 Å². The van der Waals surface area contributed by atoms with E-state index < -0.39 is 0 Å². The second-order valence-corrected chi connectivity index (χ2v) is 3.79. The van der Waals surface area contributed by atoms with E-state index in [1.165, 1.54) is 12.8 Å². The predicted molar refractivity (Wildman–Crippen MR) is 55.2 cm³/mol. The van der Waals surface area contributed by atoms with E-state index in [4.69, 9.17) is 0 Å². The number of halogens is 1. The minimum Gasteiger partial charge on any atom is -0.307 e. The van der Waals surface area contributed by atoms with E-state index in [1.807, 2.05) is 0 Å². The molecule has 2 aliphatic heterocycles. The Kier molecular flexibility index (Phi) is 3.51. The van der Waals surface area contributed by atoms with Crippen LogP contribution in [0.2, 0.25) is 0 Å². The molecule has 1 unspecified atom stereocenters.